The third-order valence-electron chi connectivity index (χ3n) is 4.52. The Kier molecular flexibility index (Phi) is 5.42. The molecule has 2 aromatic heterocycles. The summed E-state index contributed by atoms with van der Waals surface area (Å²) in [5.74, 6) is -1.75. The monoisotopic (exact) mass is 414 g/mol. The van der Waals surface area contributed by atoms with Crippen LogP contribution in [0.15, 0.2) is 48.9 Å². The molecule has 1 fully saturated rings. The summed E-state index contributed by atoms with van der Waals surface area (Å²) in [4.78, 5) is 32.0. The Morgan fingerprint density at radius 2 is 2.14 bits per heavy atom. The number of halogens is 2. The summed E-state index contributed by atoms with van der Waals surface area (Å²) >= 11 is 6.08. The number of hydrogen-bond donors (Lipinski definition) is 1. The first-order chi connectivity index (χ1) is 14.0. The number of carbonyl (C=O) groups is 2. The van der Waals surface area contributed by atoms with Crippen molar-refractivity contribution in [3.8, 4) is 5.75 Å². The second-order valence-corrected chi connectivity index (χ2v) is 7.01. The van der Waals surface area contributed by atoms with Crippen LogP contribution in [0, 0.1) is 5.82 Å². The Hall–Kier alpha value is -3.03. The molecule has 1 aliphatic rings. The van der Waals surface area contributed by atoms with E-state index in [2.05, 4.69) is 9.97 Å². The lowest BCUT2D eigenvalue weighted by Crippen LogP contribution is -2.38. The van der Waals surface area contributed by atoms with E-state index in [0.717, 1.165) is 5.56 Å². The highest BCUT2D eigenvalue weighted by Crippen LogP contribution is 2.31. The first-order valence-electron chi connectivity index (χ1n) is 8.90. The normalized spacial score (nSPS) is 13.7. The average molecular weight is 415 g/mol. The van der Waals surface area contributed by atoms with E-state index in [9.17, 15) is 14.0 Å². The SMILES string of the molecule is O=C(Cc1cccnc1)c1cc(C(=O)c2c(Cl)ccc(OC3COC3)c2F)c[nH]1. The molecule has 1 aromatic carbocycles. The molecule has 0 atom stereocenters. The van der Waals surface area contributed by atoms with Gasteiger partial charge in [-0.15, -0.1) is 0 Å². The standard InChI is InChI=1S/C21H16ClFN2O4/c22-15-3-4-18(29-14-10-28-11-14)20(23)19(15)21(27)13-7-16(25-9-13)17(26)6-12-2-1-5-24-8-12/h1-5,7-9,14,25H,6,10-11H2. The Labute approximate surface area is 170 Å². The van der Waals surface area contributed by atoms with Crippen LogP contribution in [0.2, 0.25) is 5.02 Å². The van der Waals surface area contributed by atoms with Crippen LogP contribution in [0.25, 0.3) is 0 Å². The summed E-state index contributed by atoms with van der Waals surface area (Å²) in [6.07, 6.45) is 4.46. The van der Waals surface area contributed by atoms with Gasteiger partial charge in [-0.05, 0) is 29.8 Å². The number of aromatic nitrogens is 2. The quantitative estimate of drug-likeness (QED) is 0.597. The molecule has 1 aliphatic heterocycles. The van der Waals surface area contributed by atoms with E-state index in [1.54, 1.807) is 24.5 Å². The van der Waals surface area contributed by atoms with Gasteiger partial charge in [0, 0.05) is 30.6 Å². The number of carbonyl (C=O) groups excluding carboxylic acids is 2. The molecule has 0 spiro atoms. The van der Waals surface area contributed by atoms with Crippen molar-refractivity contribution >= 4 is 23.2 Å². The number of Topliss-reactive ketones (excluding diaryl/α,β-unsaturated/α-hetero) is 1. The van der Waals surface area contributed by atoms with Crippen LogP contribution in [-0.2, 0) is 11.2 Å². The number of nitrogens with zero attached hydrogens (tertiary/aromatic N) is 1. The highest BCUT2D eigenvalue weighted by Gasteiger charge is 2.26. The molecule has 3 heterocycles. The molecule has 3 aromatic rings. The van der Waals surface area contributed by atoms with Crippen LogP contribution in [-0.4, -0.2) is 40.9 Å². The molecule has 1 N–H and O–H groups in total. The lowest BCUT2D eigenvalue weighted by Gasteiger charge is -2.27. The van der Waals surface area contributed by atoms with E-state index in [1.165, 1.54) is 24.4 Å². The van der Waals surface area contributed by atoms with Crippen molar-refractivity contribution in [1.29, 1.82) is 0 Å². The lowest BCUT2D eigenvalue weighted by atomic mass is 10.0. The smallest absolute Gasteiger partial charge is 0.199 e. The number of ether oxygens (including phenoxy) is 2. The average Bonchev–Trinajstić information content (AvgIpc) is 3.17. The zero-order valence-electron chi connectivity index (χ0n) is 15.2. The molecule has 0 saturated carbocycles. The fraction of sp³-hybridized carbons (Fsp3) is 0.190. The molecule has 8 heteroatoms. The van der Waals surface area contributed by atoms with Crippen molar-refractivity contribution in [2.24, 2.45) is 0 Å². The van der Waals surface area contributed by atoms with Crippen molar-refractivity contribution < 1.29 is 23.5 Å². The van der Waals surface area contributed by atoms with Crippen molar-refractivity contribution in [3.63, 3.8) is 0 Å². The molecule has 0 amide bonds. The third kappa shape index (κ3) is 4.06. The van der Waals surface area contributed by atoms with Gasteiger partial charge in [0.1, 0.15) is 6.10 Å². The number of rotatable bonds is 7. The van der Waals surface area contributed by atoms with Crippen LogP contribution >= 0.6 is 11.6 Å². The fourth-order valence-corrected chi connectivity index (χ4v) is 3.14. The van der Waals surface area contributed by atoms with Gasteiger partial charge < -0.3 is 14.5 Å². The summed E-state index contributed by atoms with van der Waals surface area (Å²) in [7, 11) is 0. The molecule has 0 aliphatic carbocycles. The molecule has 6 nitrogen and oxygen atoms in total. The van der Waals surface area contributed by atoms with E-state index in [0.29, 0.717) is 13.2 Å². The minimum atomic E-state index is -0.834. The molecular weight excluding hydrogens is 399 g/mol. The van der Waals surface area contributed by atoms with Crippen molar-refractivity contribution in [2.45, 2.75) is 12.5 Å². The van der Waals surface area contributed by atoms with E-state index >= 15 is 0 Å². The summed E-state index contributed by atoms with van der Waals surface area (Å²) in [6, 6.07) is 7.71. The summed E-state index contributed by atoms with van der Waals surface area (Å²) in [5.41, 5.74) is 0.825. The zero-order valence-corrected chi connectivity index (χ0v) is 15.9. The lowest BCUT2D eigenvalue weighted by molar-refractivity contribution is -0.0809. The van der Waals surface area contributed by atoms with Gasteiger partial charge in [0.2, 0.25) is 0 Å². The predicted octanol–water partition coefficient (Wildman–Crippen LogP) is 3.64. The largest absolute Gasteiger partial charge is 0.482 e. The van der Waals surface area contributed by atoms with Gasteiger partial charge in [-0.3, -0.25) is 14.6 Å². The van der Waals surface area contributed by atoms with Gasteiger partial charge in [0.15, 0.2) is 23.1 Å². The number of ketones is 2. The molecule has 0 radical (unpaired) electrons. The van der Waals surface area contributed by atoms with Gasteiger partial charge in [-0.25, -0.2) is 4.39 Å². The minimum Gasteiger partial charge on any atom is -0.482 e. The molecule has 1 saturated heterocycles. The van der Waals surface area contributed by atoms with Gasteiger partial charge in [0.05, 0.1) is 29.5 Å². The Morgan fingerprint density at radius 1 is 1.31 bits per heavy atom. The van der Waals surface area contributed by atoms with E-state index in [1.807, 2.05) is 0 Å². The first-order valence-corrected chi connectivity index (χ1v) is 9.28. The van der Waals surface area contributed by atoms with Gasteiger partial charge in [0.25, 0.3) is 0 Å². The Morgan fingerprint density at radius 3 is 2.83 bits per heavy atom. The summed E-state index contributed by atoms with van der Waals surface area (Å²) in [5, 5.41) is -0.0332. The summed E-state index contributed by atoms with van der Waals surface area (Å²) in [6.45, 7) is 0.733. The zero-order chi connectivity index (χ0) is 20.4. The van der Waals surface area contributed by atoms with Gasteiger partial charge >= 0.3 is 0 Å². The molecule has 4 rings (SSSR count). The topological polar surface area (TPSA) is 81.3 Å². The van der Waals surface area contributed by atoms with Crippen LogP contribution in [0.3, 0.4) is 0 Å². The second kappa shape index (κ2) is 8.14. The van der Waals surface area contributed by atoms with Gasteiger partial charge in [-0.2, -0.15) is 0 Å². The Bertz CT molecular complexity index is 1060. The maximum Gasteiger partial charge on any atom is 0.199 e. The number of nitrogens with one attached hydrogen (secondary N) is 1. The summed E-state index contributed by atoms with van der Waals surface area (Å²) < 4.78 is 25.4. The highest BCUT2D eigenvalue weighted by molar-refractivity contribution is 6.35. The molecule has 29 heavy (non-hydrogen) atoms. The third-order valence-corrected chi connectivity index (χ3v) is 4.83. The van der Waals surface area contributed by atoms with Crippen molar-refractivity contribution in [1.82, 2.24) is 9.97 Å². The molecular formula is C21H16ClFN2O4. The number of benzene rings is 1. The van der Waals surface area contributed by atoms with Crippen LogP contribution in [0.5, 0.6) is 5.75 Å². The molecule has 0 unspecified atom stereocenters. The number of H-pyrrole nitrogens is 1. The molecule has 0 bridgehead atoms. The van der Waals surface area contributed by atoms with Crippen LogP contribution < -0.4 is 4.74 Å². The van der Waals surface area contributed by atoms with E-state index < -0.39 is 11.6 Å². The van der Waals surface area contributed by atoms with Gasteiger partial charge in [-0.1, -0.05) is 17.7 Å². The maximum atomic E-state index is 14.9. The highest BCUT2D eigenvalue weighted by atomic mass is 35.5. The predicted molar refractivity (Wildman–Crippen MR) is 103 cm³/mol. The number of hydrogen-bond acceptors (Lipinski definition) is 5. The number of aromatic amines is 1. The van der Waals surface area contributed by atoms with Crippen molar-refractivity contribution in [2.75, 3.05) is 13.2 Å². The molecule has 148 valence electrons. The van der Waals surface area contributed by atoms with E-state index in [4.69, 9.17) is 21.1 Å². The number of pyridine rings is 1. The van der Waals surface area contributed by atoms with Crippen LogP contribution in [0.4, 0.5) is 4.39 Å². The minimum absolute atomic E-state index is 0.0332. The maximum absolute atomic E-state index is 14.9. The Balaban J connectivity index is 1.55. The van der Waals surface area contributed by atoms with Crippen molar-refractivity contribution in [3.05, 3.63) is 82.1 Å². The second-order valence-electron chi connectivity index (χ2n) is 6.60. The van der Waals surface area contributed by atoms with E-state index in [-0.39, 0.29) is 45.9 Å². The van der Waals surface area contributed by atoms with Crippen LogP contribution in [0.1, 0.15) is 32.0 Å². The fourth-order valence-electron chi connectivity index (χ4n) is 2.91. The first kappa shape index (κ1) is 19.3.